The van der Waals surface area contributed by atoms with Gasteiger partial charge in [0.15, 0.2) is 0 Å². The lowest BCUT2D eigenvalue weighted by molar-refractivity contribution is -0.145. The predicted molar refractivity (Wildman–Crippen MR) is 120 cm³/mol. The standard InChI is InChI=1S/C21H21F6N7O2S/c1-12-2-4-33(31-12)11-15(36)34-6-5-32(10-14(34)3-7-35)17-16(30-19(37-17)21(25,26)27)13-8-28-18(29-9-13)20(22,23)24/h2,4,8-9,14,35H,3,5-7,10-11H2,1H3. The topological polar surface area (TPSA) is 100 Å². The zero-order valence-electron chi connectivity index (χ0n) is 19.3. The fourth-order valence-electron chi connectivity index (χ4n) is 3.98. The molecular formula is C21H21F6N7O2S. The number of carbonyl (C=O) groups is 1. The largest absolute Gasteiger partial charge is 0.451 e. The summed E-state index contributed by atoms with van der Waals surface area (Å²) in [6.07, 6.45) is -6.20. The molecule has 0 aliphatic carbocycles. The number of halogens is 6. The molecule has 0 spiro atoms. The van der Waals surface area contributed by atoms with E-state index in [1.807, 2.05) is 0 Å². The molecule has 0 aromatic carbocycles. The van der Waals surface area contributed by atoms with Crippen LogP contribution in [0.2, 0.25) is 0 Å². The van der Waals surface area contributed by atoms with Gasteiger partial charge in [-0.05, 0) is 19.4 Å². The van der Waals surface area contributed by atoms with E-state index in [4.69, 9.17) is 0 Å². The van der Waals surface area contributed by atoms with Gasteiger partial charge in [-0.3, -0.25) is 9.48 Å². The third-order valence-electron chi connectivity index (χ3n) is 5.65. The first-order valence-corrected chi connectivity index (χ1v) is 11.8. The number of nitrogens with zero attached hydrogens (tertiary/aromatic N) is 7. The minimum atomic E-state index is -4.81. The maximum Gasteiger partial charge on any atom is 0.451 e. The summed E-state index contributed by atoms with van der Waals surface area (Å²) in [6.45, 7) is 1.84. The summed E-state index contributed by atoms with van der Waals surface area (Å²) >= 11 is 0.345. The molecule has 37 heavy (non-hydrogen) atoms. The Hall–Kier alpha value is -3.27. The zero-order valence-corrected chi connectivity index (χ0v) is 20.1. The van der Waals surface area contributed by atoms with Gasteiger partial charge in [0.2, 0.25) is 16.7 Å². The molecule has 9 nitrogen and oxygen atoms in total. The zero-order chi connectivity index (χ0) is 27.0. The van der Waals surface area contributed by atoms with Crippen molar-refractivity contribution in [3.8, 4) is 11.3 Å². The van der Waals surface area contributed by atoms with Gasteiger partial charge in [0.25, 0.3) is 0 Å². The minimum Gasteiger partial charge on any atom is -0.396 e. The quantitative estimate of drug-likeness (QED) is 0.472. The Bertz CT molecular complexity index is 1240. The number of aryl methyl sites for hydroxylation is 1. The molecular weight excluding hydrogens is 528 g/mol. The summed E-state index contributed by atoms with van der Waals surface area (Å²) in [5.41, 5.74) is 0.413. The van der Waals surface area contributed by atoms with Gasteiger partial charge in [0.1, 0.15) is 17.2 Å². The Balaban J connectivity index is 1.62. The molecule has 4 rings (SSSR count). The van der Waals surface area contributed by atoms with Gasteiger partial charge >= 0.3 is 12.4 Å². The lowest BCUT2D eigenvalue weighted by atomic mass is 10.1. The van der Waals surface area contributed by atoms with Gasteiger partial charge in [-0.1, -0.05) is 11.3 Å². The van der Waals surface area contributed by atoms with Crippen LogP contribution in [-0.4, -0.2) is 72.9 Å². The number of carbonyl (C=O) groups excluding carboxylic acids is 1. The Morgan fingerprint density at radius 1 is 1.14 bits per heavy atom. The number of rotatable bonds is 6. The van der Waals surface area contributed by atoms with Crippen molar-refractivity contribution in [3.05, 3.63) is 41.2 Å². The molecule has 1 aliphatic rings. The highest BCUT2D eigenvalue weighted by atomic mass is 32.1. The first kappa shape index (κ1) is 26.8. The number of aliphatic hydroxyl groups excluding tert-OH is 1. The summed E-state index contributed by atoms with van der Waals surface area (Å²) < 4.78 is 80.6. The molecule has 1 N–H and O–H groups in total. The maximum atomic E-state index is 13.5. The monoisotopic (exact) mass is 549 g/mol. The molecule has 4 heterocycles. The van der Waals surface area contributed by atoms with E-state index < -0.39 is 29.2 Å². The highest BCUT2D eigenvalue weighted by Gasteiger charge is 2.39. The molecule has 0 saturated carbocycles. The summed E-state index contributed by atoms with van der Waals surface area (Å²) in [4.78, 5) is 26.2. The van der Waals surface area contributed by atoms with Gasteiger partial charge in [-0.25, -0.2) is 15.0 Å². The van der Waals surface area contributed by atoms with Gasteiger partial charge < -0.3 is 14.9 Å². The van der Waals surface area contributed by atoms with Crippen LogP contribution in [0, 0.1) is 6.92 Å². The number of amides is 1. The third-order valence-corrected chi connectivity index (χ3v) is 6.82. The SMILES string of the molecule is Cc1ccn(CC(=O)N2CCN(c3sc(C(F)(F)F)nc3-c3cnc(C(F)(F)F)nc3)CC2CCO)n1. The van der Waals surface area contributed by atoms with E-state index in [-0.39, 0.29) is 61.4 Å². The number of aromatic nitrogens is 5. The average Bonchev–Trinajstić information content (AvgIpc) is 3.45. The Morgan fingerprint density at radius 2 is 1.84 bits per heavy atom. The molecule has 3 aromatic heterocycles. The molecule has 0 bridgehead atoms. The molecule has 200 valence electrons. The summed E-state index contributed by atoms with van der Waals surface area (Å²) in [5.74, 6) is -1.69. The van der Waals surface area contributed by atoms with Crippen LogP contribution in [0.3, 0.4) is 0 Å². The molecule has 1 fully saturated rings. The van der Waals surface area contributed by atoms with Crippen molar-refractivity contribution in [1.82, 2.24) is 29.6 Å². The second kappa shape index (κ2) is 10.2. The molecule has 1 saturated heterocycles. The number of hydrogen-bond acceptors (Lipinski definition) is 8. The van der Waals surface area contributed by atoms with Crippen LogP contribution in [-0.2, 0) is 23.7 Å². The fourth-order valence-corrected chi connectivity index (χ4v) is 4.97. The van der Waals surface area contributed by atoms with Crippen molar-refractivity contribution >= 4 is 22.2 Å². The fraction of sp³-hybridized carbons (Fsp3) is 0.476. The molecule has 16 heteroatoms. The van der Waals surface area contributed by atoms with Crippen LogP contribution < -0.4 is 4.90 Å². The van der Waals surface area contributed by atoms with Crippen LogP contribution >= 0.6 is 11.3 Å². The molecule has 1 amide bonds. The normalized spacial score (nSPS) is 16.9. The van der Waals surface area contributed by atoms with Crippen LogP contribution in [0.15, 0.2) is 24.7 Å². The van der Waals surface area contributed by atoms with Crippen LogP contribution in [0.25, 0.3) is 11.3 Å². The van der Waals surface area contributed by atoms with E-state index >= 15 is 0 Å². The smallest absolute Gasteiger partial charge is 0.396 e. The van der Waals surface area contributed by atoms with Gasteiger partial charge in [-0.2, -0.15) is 31.4 Å². The predicted octanol–water partition coefficient (Wildman–Crippen LogP) is 3.24. The minimum absolute atomic E-state index is 0.0390. The van der Waals surface area contributed by atoms with E-state index in [9.17, 15) is 36.2 Å². The van der Waals surface area contributed by atoms with Crippen molar-refractivity contribution in [3.63, 3.8) is 0 Å². The first-order chi connectivity index (χ1) is 17.4. The number of piperazine rings is 1. The summed E-state index contributed by atoms with van der Waals surface area (Å²) in [5, 5.41) is 12.6. The van der Waals surface area contributed by atoms with E-state index in [0.29, 0.717) is 11.3 Å². The highest BCUT2D eigenvalue weighted by Crippen LogP contribution is 2.43. The van der Waals surface area contributed by atoms with Crippen molar-refractivity contribution in [1.29, 1.82) is 0 Å². The molecule has 1 unspecified atom stereocenters. The molecule has 1 atom stereocenters. The van der Waals surface area contributed by atoms with Gasteiger partial charge in [0, 0.05) is 50.4 Å². The number of hydrogen-bond donors (Lipinski definition) is 1. The van der Waals surface area contributed by atoms with Gasteiger partial charge in [-0.15, -0.1) is 0 Å². The van der Waals surface area contributed by atoms with E-state index in [1.54, 1.807) is 29.0 Å². The molecule has 0 radical (unpaired) electrons. The summed E-state index contributed by atoms with van der Waals surface area (Å²) in [6, 6.07) is 1.21. The third kappa shape index (κ3) is 6.01. The average molecular weight is 550 g/mol. The molecule has 3 aromatic rings. The van der Waals surface area contributed by atoms with Crippen molar-refractivity contribution in [2.45, 2.75) is 38.3 Å². The highest BCUT2D eigenvalue weighted by molar-refractivity contribution is 7.16. The Kier molecular flexibility index (Phi) is 7.41. The lowest BCUT2D eigenvalue weighted by Crippen LogP contribution is -2.56. The van der Waals surface area contributed by atoms with E-state index in [1.165, 1.54) is 4.68 Å². The maximum absolute atomic E-state index is 13.5. The Morgan fingerprint density at radius 3 is 2.41 bits per heavy atom. The van der Waals surface area contributed by atoms with E-state index in [0.717, 1.165) is 18.1 Å². The van der Waals surface area contributed by atoms with Crippen molar-refractivity contribution < 1.29 is 36.2 Å². The lowest BCUT2D eigenvalue weighted by Gasteiger charge is -2.42. The first-order valence-electron chi connectivity index (χ1n) is 11.0. The van der Waals surface area contributed by atoms with E-state index in [2.05, 4.69) is 20.1 Å². The number of aliphatic hydroxyl groups is 1. The summed E-state index contributed by atoms with van der Waals surface area (Å²) in [7, 11) is 0. The van der Waals surface area contributed by atoms with Crippen LogP contribution in [0.4, 0.5) is 31.3 Å². The number of alkyl halides is 6. The second-order valence-corrected chi connectivity index (χ2v) is 9.30. The molecule has 1 aliphatic heterocycles. The number of thiazole rings is 1. The van der Waals surface area contributed by atoms with Crippen LogP contribution in [0.5, 0.6) is 0 Å². The van der Waals surface area contributed by atoms with Gasteiger partial charge in [0.05, 0.1) is 11.7 Å². The van der Waals surface area contributed by atoms with Crippen molar-refractivity contribution in [2.24, 2.45) is 0 Å². The van der Waals surface area contributed by atoms with Crippen molar-refractivity contribution in [2.75, 3.05) is 31.1 Å². The van der Waals surface area contributed by atoms with Crippen LogP contribution in [0.1, 0.15) is 22.9 Å². The second-order valence-electron chi connectivity index (χ2n) is 8.32. The Labute approximate surface area is 210 Å². The number of anilines is 1.